The van der Waals surface area contributed by atoms with Gasteiger partial charge in [-0.1, -0.05) is 18.2 Å². The number of sulfonamides is 1. The Morgan fingerprint density at radius 2 is 1.88 bits per heavy atom. The van der Waals surface area contributed by atoms with Gasteiger partial charge in [0.1, 0.15) is 4.21 Å². The number of rotatable bonds is 5. The van der Waals surface area contributed by atoms with Crippen molar-refractivity contribution in [3.63, 3.8) is 0 Å². The van der Waals surface area contributed by atoms with Gasteiger partial charge in [0.15, 0.2) is 5.60 Å². The zero-order valence-corrected chi connectivity index (χ0v) is 20.1. The number of aliphatic hydroxyl groups is 1. The van der Waals surface area contributed by atoms with Crippen molar-refractivity contribution in [3.8, 4) is 0 Å². The molecule has 1 unspecified atom stereocenters. The number of nitrogens with zero attached hydrogens (tertiary/aromatic N) is 2. The van der Waals surface area contributed by atoms with Crippen LogP contribution in [-0.4, -0.2) is 75.5 Å². The summed E-state index contributed by atoms with van der Waals surface area (Å²) in [7, 11) is -3.64. The van der Waals surface area contributed by atoms with Gasteiger partial charge in [0.05, 0.1) is 19.3 Å². The lowest BCUT2D eigenvalue weighted by Crippen LogP contribution is -2.79. The Bertz CT molecular complexity index is 1130. The molecule has 0 saturated carbocycles. The van der Waals surface area contributed by atoms with Gasteiger partial charge in [-0.2, -0.15) is 17.5 Å². The maximum absolute atomic E-state index is 13.3. The van der Waals surface area contributed by atoms with Crippen LogP contribution in [0.5, 0.6) is 0 Å². The van der Waals surface area contributed by atoms with E-state index in [1.165, 1.54) is 27.8 Å². The quantitative estimate of drug-likeness (QED) is 0.634. The van der Waals surface area contributed by atoms with Crippen LogP contribution in [0.4, 0.5) is 18.9 Å². The normalized spacial score (nSPS) is 27.1. The molecule has 3 saturated heterocycles. The average molecular weight is 518 g/mol. The first kappa shape index (κ1) is 24.0. The Labute approximate surface area is 200 Å². The maximum Gasteiger partial charge on any atom is 0.421 e. The summed E-state index contributed by atoms with van der Waals surface area (Å²) in [6.45, 7) is 3.61. The molecule has 3 aliphatic rings. The second kappa shape index (κ2) is 8.17. The number of piperazine rings is 1. The molecule has 2 aromatic rings. The molecule has 186 valence electrons. The summed E-state index contributed by atoms with van der Waals surface area (Å²) in [5.74, 6) is 0. The van der Waals surface area contributed by atoms with Gasteiger partial charge in [0.25, 0.3) is 10.0 Å². The van der Waals surface area contributed by atoms with Crippen LogP contribution in [0.1, 0.15) is 12.5 Å². The second-order valence-corrected chi connectivity index (χ2v) is 12.5. The monoisotopic (exact) mass is 517 g/mol. The zero-order chi connectivity index (χ0) is 24.4. The summed E-state index contributed by atoms with van der Waals surface area (Å²) in [4.78, 5) is 2.06. The number of anilines is 1. The highest BCUT2D eigenvalue weighted by atomic mass is 32.2. The Kier molecular flexibility index (Phi) is 5.77. The van der Waals surface area contributed by atoms with E-state index >= 15 is 0 Å². The van der Waals surface area contributed by atoms with Crippen molar-refractivity contribution in [3.05, 3.63) is 47.3 Å². The number of hydrogen-bond donors (Lipinski definition) is 2. The fraction of sp³-hybridized carbons (Fsp3) is 0.545. The second-order valence-electron chi connectivity index (χ2n) is 9.39. The summed E-state index contributed by atoms with van der Waals surface area (Å²) in [6.07, 6.45) is -4.80. The molecule has 5 rings (SSSR count). The molecule has 3 fully saturated rings. The van der Waals surface area contributed by atoms with Gasteiger partial charge in [-0.15, -0.1) is 11.3 Å². The van der Waals surface area contributed by atoms with Gasteiger partial charge in [-0.25, -0.2) is 8.42 Å². The van der Waals surface area contributed by atoms with Crippen molar-refractivity contribution >= 4 is 27.0 Å². The number of hydrogen-bond acceptors (Lipinski definition) is 7. The summed E-state index contributed by atoms with van der Waals surface area (Å²) in [5.41, 5.74) is -2.58. The zero-order valence-electron chi connectivity index (χ0n) is 18.5. The van der Waals surface area contributed by atoms with Crippen LogP contribution in [0.3, 0.4) is 0 Å². The number of alkyl halides is 3. The SMILES string of the molecule is C[C@](O)(c1ccc(N2CCN(S(=O)(=O)c3cccs3)C[C@@H]2C2NCC23COC3)cc1)C(F)(F)F. The third-order valence-corrected chi connectivity index (χ3v) is 10.5. The maximum atomic E-state index is 13.3. The van der Waals surface area contributed by atoms with Crippen LogP contribution in [0.25, 0.3) is 0 Å². The predicted octanol–water partition coefficient (Wildman–Crippen LogP) is 2.39. The molecule has 7 nitrogen and oxygen atoms in total. The van der Waals surface area contributed by atoms with Crippen LogP contribution in [0.2, 0.25) is 0 Å². The molecular weight excluding hydrogens is 491 g/mol. The van der Waals surface area contributed by atoms with Gasteiger partial charge in [0.2, 0.25) is 0 Å². The molecule has 2 N–H and O–H groups in total. The fourth-order valence-corrected chi connectivity index (χ4v) is 7.58. The van der Waals surface area contributed by atoms with Gasteiger partial charge in [-0.3, -0.25) is 0 Å². The van der Waals surface area contributed by atoms with Gasteiger partial charge >= 0.3 is 6.18 Å². The minimum Gasteiger partial charge on any atom is -0.380 e. The van der Waals surface area contributed by atoms with E-state index in [0.717, 1.165) is 13.5 Å². The van der Waals surface area contributed by atoms with Gasteiger partial charge in [0, 0.05) is 43.3 Å². The topological polar surface area (TPSA) is 82.1 Å². The van der Waals surface area contributed by atoms with E-state index in [-0.39, 0.29) is 36.2 Å². The molecule has 0 radical (unpaired) electrons. The molecule has 3 aliphatic heterocycles. The molecule has 3 atom stereocenters. The molecule has 34 heavy (non-hydrogen) atoms. The Balaban J connectivity index is 1.44. The van der Waals surface area contributed by atoms with E-state index in [4.69, 9.17) is 4.74 Å². The van der Waals surface area contributed by atoms with Crippen LogP contribution >= 0.6 is 11.3 Å². The molecule has 1 aromatic carbocycles. The molecule has 1 aromatic heterocycles. The Morgan fingerprint density at radius 3 is 2.38 bits per heavy atom. The Morgan fingerprint density at radius 1 is 1.18 bits per heavy atom. The highest BCUT2D eigenvalue weighted by molar-refractivity contribution is 7.91. The van der Waals surface area contributed by atoms with Gasteiger partial charge < -0.3 is 20.1 Å². The summed E-state index contributed by atoms with van der Waals surface area (Å²) in [5, 5.41) is 15.2. The van der Waals surface area contributed by atoms with E-state index in [2.05, 4.69) is 10.2 Å². The number of nitrogens with one attached hydrogen (secondary N) is 1. The van der Waals surface area contributed by atoms with Crippen molar-refractivity contribution in [2.75, 3.05) is 44.3 Å². The lowest BCUT2D eigenvalue weighted by Gasteiger charge is -2.61. The highest BCUT2D eigenvalue weighted by Crippen LogP contribution is 2.43. The minimum absolute atomic E-state index is 0.0134. The van der Waals surface area contributed by atoms with E-state index in [1.807, 2.05) is 0 Å². The first-order chi connectivity index (χ1) is 16.0. The number of benzene rings is 1. The van der Waals surface area contributed by atoms with Crippen molar-refractivity contribution in [1.82, 2.24) is 9.62 Å². The van der Waals surface area contributed by atoms with Crippen LogP contribution in [0, 0.1) is 5.41 Å². The molecule has 12 heteroatoms. The van der Waals surface area contributed by atoms with Gasteiger partial charge in [-0.05, 0) is 36.1 Å². The molecule has 0 bridgehead atoms. The van der Waals surface area contributed by atoms with E-state index < -0.39 is 21.8 Å². The molecule has 1 spiro atoms. The average Bonchev–Trinajstić information content (AvgIpc) is 3.27. The summed E-state index contributed by atoms with van der Waals surface area (Å²) in [6, 6.07) is 8.75. The van der Waals surface area contributed by atoms with Crippen molar-refractivity contribution in [2.45, 2.75) is 35.0 Å². The molecule has 4 heterocycles. The lowest BCUT2D eigenvalue weighted by atomic mass is 9.68. The highest BCUT2D eigenvalue weighted by Gasteiger charge is 2.57. The molecular formula is C22H26F3N3O4S2. The summed E-state index contributed by atoms with van der Waals surface area (Å²) < 4.78 is 73.4. The standard InChI is InChI=1S/C22H26F3N3O4S2/c1-20(29,22(23,24)25)15-4-6-16(7-5-15)28-9-8-27(34(30,31)18-3-2-10-33-18)11-17(28)19-21(12-26-19)13-32-14-21/h2-7,10,17,19,26,29H,8-9,11-14H2,1H3/t17-,19?,20+/m1/s1. The van der Waals surface area contributed by atoms with E-state index in [0.29, 0.717) is 29.7 Å². The van der Waals surface area contributed by atoms with Crippen molar-refractivity contribution in [2.24, 2.45) is 5.41 Å². The molecule has 0 aliphatic carbocycles. The van der Waals surface area contributed by atoms with Crippen molar-refractivity contribution in [1.29, 1.82) is 0 Å². The van der Waals surface area contributed by atoms with Crippen LogP contribution < -0.4 is 10.2 Å². The largest absolute Gasteiger partial charge is 0.421 e. The van der Waals surface area contributed by atoms with E-state index in [1.54, 1.807) is 29.6 Å². The smallest absolute Gasteiger partial charge is 0.380 e. The Hall–Kier alpha value is -1.70. The first-order valence-electron chi connectivity index (χ1n) is 11.0. The molecule has 0 amide bonds. The number of ether oxygens (including phenoxy) is 1. The third kappa shape index (κ3) is 3.75. The summed E-state index contributed by atoms with van der Waals surface area (Å²) >= 11 is 1.18. The predicted molar refractivity (Wildman–Crippen MR) is 121 cm³/mol. The number of halogens is 3. The number of thiophene rings is 1. The fourth-order valence-electron chi connectivity index (χ4n) is 4.99. The third-order valence-electron chi connectivity index (χ3n) is 7.28. The lowest BCUT2D eigenvalue weighted by molar-refractivity contribution is -0.258. The van der Waals surface area contributed by atoms with E-state index in [9.17, 15) is 26.7 Å². The van der Waals surface area contributed by atoms with Crippen molar-refractivity contribution < 1.29 is 31.4 Å². The van der Waals surface area contributed by atoms with Crippen LogP contribution in [-0.2, 0) is 20.4 Å². The minimum atomic E-state index is -4.80. The van der Waals surface area contributed by atoms with Crippen LogP contribution in [0.15, 0.2) is 46.0 Å². The first-order valence-corrected chi connectivity index (χ1v) is 13.3.